The molecule has 0 aliphatic carbocycles. The third kappa shape index (κ3) is 3.62. The Bertz CT molecular complexity index is 936. The molecule has 0 radical (unpaired) electrons. The van der Waals surface area contributed by atoms with Gasteiger partial charge >= 0.3 is 0 Å². The molecule has 1 aromatic heterocycles. The second-order valence-corrected chi connectivity index (χ2v) is 7.07. The van der Waals surface area contributed by atoms with Gasteiger partial charge in [0.15, 0.2) is 0 Å². The summed E-state index contributed by atoms with van der Waals surface area (Å²) < 4.78 is 42.3. The summed E-state index contributed by atoms with van der Waals surface area (Å²) >= 11 is 0. The molecule has 0 atom stereocenters. The van der Waals surface area contributed by atoms with Gasteiger partial charge in [-0.05, 0) is 54.4 Å². The van der Waals surface area contributed by atoms with E-state index in [4.69, 9.17) is 0 Å². The minimum atomic E-state index is -3.76. The Morgan fingerprint density at radius 1 is 1.17 bits per heavy atom. The van der Waals surface area contributed by atoms with Gasteiger partial charge in [-0.25, -0.2) is 12.8 Å². The number of nitrogens with one attached hydrogen (secondary N) is 1. The largest absolute Gasteiger partial charge is 0.280 e. The number of aryl methyl sites for hydroxylation is 1. The van der Waals surface area contributed by atoms with Crippen molar-refractivity contribution in [3.8, 4) is 0 Å². The molecule has 1 N–H and O–H groups in total. The van der Waals surface area contributed by atoms with E-state index in [0.717, 1.165) is 11.6 Å². The Morgan fingerprint density at radius 3 is 2.54 bits per heavy atom. The van der Waals surface area contributed by atoms with Crippen LogP contribution in [0.1, 0.15) is 11.1 Å². The number of hydrogen-bond donors (Lipinski definition) is 1. The molecule has 0 bridgehead atoms. The van der Waals surface area contributed by atoms with Crippen molar-refractivity contribution in [3.63, 3.8) is 0 Å². The fourth-order valence-corrected chi connectivity index (χ4v) is 3.67. The number of sulfonamides is 1. The van der Waals surface area contributed by atoms with E-state index in [1.807, 2.05) is 24.4 Å². The molecule has 124 valence electrons. The van der Waals surface area contributed by atoms with Crippen molar-refractivity contribution in [1.82, 2.24) is 9.78 Å². The molecule has 7 heteroatoms. The van der Waals surface area contributed by atoms with E-state index in [0.29, 0.717) is 17.8 Å². The third-order valence-corrected chi connectivity index (χ3v) is 5.08. The van der Waals surface area contributed by atoms with E-state index in [9.17, 15) is 12.8 Å². The first kappa shape index (κ1) is 16.2. The zero-order valence-corrected chi connectivity index (χ0v) is 13.8. The van der Waals surface area contributed by atoms with Gasteiger partial charge in [-0.15, -0.1) is 0 Å². The minimum Gasteiger partial charge on any atom is -0.280 e. The molecule has 24 heavy (non-hydrogen) atoms. The summed E-state index contributed by atoms with van der Waals surface area (Å²) in [6.07, 6.45) is 3.56. The Hall–Kier alpha value is -2.67. The maximum Gasteiger partial charge on any atom is 0.262 e. The van der Waals surface area contributed by atoms with E-state index >= 15 is 0 Å². The van der Waals surface area contributed by atoms with Crippen LogP contribution in [0.15, 0.2) is 65.8 Å². The lowest BCUT2D eigenvalue weighted by atomic mass is 10.2. The topological polar surface area (TPSA) is 64.0 Å². The van der Waals surface area contributed by atoms with E-state index in [-0.39, 0.29) is 4.90 Å². The van der Waals surface area contributed by atoms with Crippen LogP contribution in [0.25, 0.3) is 0 Å². The lowest BCUT2D eigenvalue weighted by molar-refractivity contribution is 0.598. The van der Waals surface area contributed by atoms with Crippen LogP contribution in [-0.2, 0) is 16.6 Å². The van der Waals surface area contributed by atoms with Crippen molar-refractivity contribution in [1.29, 1.82) is 0 Å². The number of aromatic nitrogens is 2. The highest BCUT2D eigenvalue weighted by molar-refractivity contribution is 7.92. The Labute approximate surface area is 139 Å². The van der Waals surface area contributed by atoms with E-state index < -0.39 is 15.8 Å². The molecular weight excluding hydrogens is 329 g/mol. The molecule has 3 aromatic rings. The van der Waals surface area contributed by atoms with Gasteiger partial charge in [0.25, 0.3) is 10.0 Å². The minimum absolute atomic E-state index is 0.0597. The van der Waals surface area contributed by atoms with Crippen LogP contribution in [0.3, 0.4) is 0 Å². The zero-order valence-electron chi connectivity index (χ0n) is 13.0. The molecule has 0 saturated heterocycles. The van der Waals surface area contributed by atoms with Crippen LogP contribution < -0.4 is 4.72 Å². The van der Waals surface area contributed by atoms with Crippen LogP contribution in [0.5, 0.6) is 0 Å². The molecule has 3 rings (SSSR count). The quantitative estimate of drug-likeness (QED) is 0.772. The van der Waals surface area contributed by atoms with Crippen molar-refractivity contribution in [2.24, 2.45) is 0 Å². The van der Waals surface area contributed by atoms with Crippen molar-refractivity contribution >= 4 is 15.7 Å². The summed E-state index contributed by atoms with van der Waals surface area (Å²) in [6.45, 7) is 2.17. The van der Waals surface area contributed by atoms with Gasteiger partial charge in [-0.1, -0.05) is 12.1 Å². The number of anilines is 1. The summed E-state index contributed by atoms with van der Waals surface area (Å²) in [5.41, 5.74) is 1.81. The zero-order chi connectivity index (χ0) is 17.2. The fraction of sp³-hybridized carbons (Fsp3) is 0.118. The Morgan fingerprint density at radius 2 is 1.92 bits per heavy atom. The number of nitrogens with zero attached hydrogens (tertiary/aromatic N) is 2. The van der Waals surface area contributed by atoms with Crippen molar-refractivity contribution in [2.75, 3.05) is 4.72 Å². The first-order valence-electron chi connectivity index (χ1n) is 7.29. The molecule has 5 nitrogen and oxygen atoms in total. The van der Waals surface area contributed by atoms with Gasteiger partial charge in [0.2, 0.25) is 0 Å². The third-order valence-electron chi connectivity index (χ3n) is 3.54. The van der Waals surface area contributed by atoms with Gasteiger partial charge in [0.05, 0.1) is 11.4 Å². The van der Waals surface area contributed by atoms with Gasteiger partial charge < -0.3 is 0 Å². The molecule has 0 aliphatic heterocycles. The molecule has 0 spiro atoms. The van der Waals surface area contributed by atoms with Crippen LogP contribution in [0.4, 0.5) is 10.1 Å². The Balaban J connectivity index is 1.77. The van der Waals surface area contributed by atoms with Crippen LogP contribution in [0.2, 0.25) is 0 Å². The van der Waals surface area contributed by atoms with Gasteiger partial charge in [0.1, 0.15) is 5.82 Å². The van der Waals surface area contributed by atoms with Crippen molar-refractivity contribution in [2.45, 2.75) is 18.4 Å². The summed E-state index contributed by atoms with van der Waals surface area (Å²) in [5, 5.41) is 4.12. The molecule has 0 aliphatic rings. The number of hydrogen-bond acceptors (Lipinski definition) is 3. The molecule has 2 aromatic carbocycles. The molecule has 1 heterocycles. The fourth-order valence-electron chi connectivity index (χ4n) is 2.38. The first-order valence-corrected chi connectivity index (χ1v) is 8.78. The monoisotopic (exact) mass is 345 g/mol. The molecule has 0 unspecified atom stereocenters. The second kappa shape index (κ2) is 6.45. The molecule has 0 amide bonds. The summed E-state index contributed by atoms with van der Waals surface area (Å²) in [5.74, 6) is -0.463. The highest BCUT2D eigenvalue weighted by Gasteiger charge is 2.17. The predicted octanol–water partition coefficient (Wildman–Crippen LogP) is 3.18. The lowest BCUT2D eigenvalue weighted by Gasteiger charge is -2.11. The summed E-state index contributed by atoms with van der Waals surface area (Å²) in [4.78, 5) is 0.0597. The predicted molar refractivity (Wildman–Crippen MR) is 89.7 cm³/mol. The molecule has 0 saturated carbocycles. The first-order chi connectivity index (χ1) is 11.4. The van der Waals surface area contributed by atoms with E-state index in [1.165, 1.54) is 12.1 Å². The van der Waals surface area contributed by atoms with Crippen LogP contribution >= 0.6 is 0 Å². The van der Waals surface area contributed by atoms with E-state index in [1.54, 1.807) is 29.9 Å². The highest BCUT2D eigenvalue weighted by Crippen LogP contribution is 2.20. The maximum atomic E-state index is 13.1. The number of halogens is 1. The summed E-state index contributed by atoms with van der Waals surface area (Å²) in [6, 6.07) is 12.5. The number of benzene rings is 2. The highest BCUT2D eigenvalue weighted by atomic mass is 32.2. The molecular formula is C17H16FN3O2S. The summed E-state index contributed by atoms with van der Waals surface area (Å²) in [7, 11) is -3.76. The van der Waals surface area contributed by atoms with Crippen molar-refractivity contribution < 1.29 is 12.8 Å². The standard InChI is InChI=1S/C17H16FN3O2S/c1-13-11-15(18)5-8-17(13)24(22,23)20-16-6-3-14(4-7-16)12-21-10-2-9-19-21/h2-11,20H,12H2,1H3. The van der Waals surface area contributed by atoms with Gasteiger partial charge in [0, 0.05) is 18.1 Å². The molecule has 0 fully saturated rings. The second-order valence-electron chi connectivity index (χ2n) is 5.42. The smallest absolute Gasteiger partial charge is 0.262 e. The van der Waals surface area contributed by atoms with Crippen LogP contribution in [-0.4, -0.2) is 18.2 Å². The average Bonchev–Trinajstić information content (AvgIpc) is 3.01. The van der Waals surface area contributed by atoms with Gasteiger partial charge in [-0.2, -0.15) is 5.10 Å². The average molecular weight is 345 g/mol. The van der Waals surface area contributed by atoms with E-state index in [2.05, 4.69) is 9.82 Å². The normalized spacial score (nSPS) is 11.4. The SMILES string of the molecule is Cc1cc(F)ccc1S(=O)(=O)Nc1ccc(Cn2cccn2)cc1. The van der Waals surface area contributed by atoms with Crippen LogP contribution in [0, 0.1) is 12.7 Å². The van der Waals surface area contributed by atoms with Crippen molar-refractivity contribution in [3.05, 3.63) is 77.9 Å². The maximum absolute atomic E-state index is 13.1. The lowest BCUT2D eigenvalue weighted by Crippen LogP contribution is -2.14. The Kier molecular flexibility index (Phi) is 4.35. The number of rotatable bonds is 5. The van der Waals surface area contributed by atoms with Gasteiger partial charge in [-0.3, -0.25) is 9.40 Å².